The molecule has 3 N–H and O–H groups in total. The topological polar surface area (TPSA) is 81.1 Å². The number of benzene rings is 1. The molecule has 1 aromatic carbocycles. The summed E-state index contributed by atoms with van der Waals surface area (Å²) in [4.78, 5) is 3.90. The van der Waals surface area contributed by atoms with Gasteiger partial charge in [0, 0.05) is 23.0 Å². The van der Waals surface area contributed by atoms with E-state index in [0.717, 1.165) is 35.8 Å². The minimum Gasteiger partial charge on any atom is -0.380 e. The summed E-state index contributed by atoms with van der Waals surface area (Å²) in [6.07, 6.45) is 1.79. The molecule has 2 aromatic heterocycles. The number of rotatable bonds is 4. The summed E-state index contributed by atoms with van der Waals surface area (Å²) < 4.78 is 39.8. The van der Waals surface area contributed by atoms with Crippen LogP contribution < -0.4 is 11.1 Å². The number of hydrogen-bond donors (Lipinski definition) is 2. The van der Waals surface area contributed by atoms with Gasteiger partial charge in [0.05, 0.1) is 18.1 Å². The maximum absolute atomic E-state index is 12.9. The predicted octanol–water partition coefficient (Wildman–Crippen LogP) is 4.05. The van der Waals surface area contributed by atoms with Crippen LogP contribution in [0.25, 0.3) is 5.65 Å². The summed E-state index contributed by atoms with van der Waals surface area (Å²) in [5.41, 5.74) is 6.37. The summed E-state index contributed by atoms with van der Waals surface area (Å²) in [5, 5.41) is 10.8. The average Bonchev–Trinajstić information content (AvgIpc) is 3.12. The molecule has 0 amide bonds. The second-order valence-electron chi connectivity index (χ2n) is 7.46. The molecule has 0 aliphatic heterocycles. The van der Waals surface area contributed by atoms with Crippen LogP contribution in [0.5, 0.6) is 0 Å². The van der Waals surface area contributed by atoms with Crippen molar-refractivity contribution in [3.05, 3.63) is 52.9 Å². The Kier molecular flexibility index (Phi) is 5.12. The smallest absolute Gasteiger partial charge is 0.380 e. The first-order valence-corrected chi connectivity index (χ1v) is 9.69. The maximum Gasteiger partial charge on any atom is 0.439 e. The van der Waals surface area contributed by atoms with Crippen LogP contribution in [0.2, 0.25) is 5.02 Å². The van der Waals surface area contributed by atoms with Gasteiger partial charge in [0.25, 0.3) is 0 Å². The van der Waals surface area contributed by atoms with Gasteiger partial charge >= 0.3 is 6.18 Å². The van der Waals surface area contributed by atoms with E-state index in [1.807, 2.05) is 18.2 Å². The highest BCUT2D eigenvalue weighted by atomic mass is 35.5. The summed E-state index contributed by atoms with van der Waals surface area (Å²) in [6, 6.07) is 7.99. The monoisotopic (exact) mass is 424 g/mol. The van der Waals surface area contributed by atoms with E-state index in [4.69, 9.17) is 17.3 Å². The fourth-order valence-electron chi connectivity index (χ4n) is 4.03. The van der Waals surface area contributed by atoms with Crippen LogP contribution in [0.3, 0.4) is 0 Å². The lowest BCUT2D eigenvalue weighted by Gasteiger charge is -2.40. The van der Waals surface area contributed by atoms with Crippen LogP contribution in [0.1, 0.15) is 36.9 Å². The van der Waals surface area contributed by atoms with Crippen molar-refractivity contribution in [2.75, 3.05) is 11.9 Å². The van der Waals surface area contributed by atoms with Crippen LogP contribution >= 0.6 is 11.6 Å². The third-order valence-electron chi connectivity index (χ3n) is 5.67. The molecule has 1 aliphatic rings. The molecular formula is C19H20ClF3N6. The van der Waals surface area contributed by atoms with Gasteiger partial charge in [-0.3, -0.25) is 0 Å². The van der Waals surface area contributed by atoms with E-state index < -0.39 is 11.9 Å². The van der Waals surface area contributed by atoms with E-state index in [1.54, 1.807) is 0 Å². The van der Waals surface area contributed by atoms with Gasteiger partial charge in [-0.15, -0.1) is 5.10 Å². The molecule has 3 aromatic rings. The molecule has 0 radical (unpaired) electrons. The summed E-state index contributed by atoms with van der Waals surface area (Å²) in [6.45, 7) is 0.534. The van der Waals surface area contributed by atoms with E-state index in [2.05, 4.69) is 26.7 Å². The Balaban J connectivity index is 1.47. The molecule has 0 spiro atoms. The molecule has 6 nitrogen and oxygen atoms in total. The van der Waals surface area contributed by atoms with Gasteiger partial charge in [0.15, 0.2) is 5.65 Å². The van der Waals surface area contributed by atoms with Gasteiger partial charge in [-0.05, 0) is 43.4 Å². The first-order chi connectivity index (χ1) is 13.8. The minimum absolute atomic E-state index is 0.112. The third-order valence-corrected chi connectivity index (χ3v) is 5.90. The fraction of sp³-hybridized carbons (Fsp3) is 0.421. The van der Waals surface area contributed by atoms with Gasteiger partial charge in [0.2, 0.25) is 5.69 Å². The first-order valence-electron chi connectivity index (χ1n) is 9.32. The van der Waals surface area contributed by atoms with E-state index in [9.17, 15) is 13.2 Å². The van der Waals surface area contributed by atoms with Gasteiger partial charge < -0.3 is 11.1 Å². The zero-order valence-electron chi connectivity index (χ0n) is 15.5. The lowest BCUT2D eigenvalue weighted by Crippen LogP contribution is -2.41. The van der Waals surface area contributed by atoms with Gasteiger partial charge in [0.1, 0.15) is 0 Å². The van der Waals surface area contributed by atoms with Gasteiger partial charge in [-0.25, -0.2) is 4.98 Å². The molecule has 4 rings (SSSR count). The largest absolute Gasteiger partial charge is 0.439 e. The molecule has 0 unspecified atom stereocenters. The molecule has 29 heavy (non-hydrogen) atoms. The molecule has 2 heterocycles. The van der Waals surface area contributed by atoms with Crippen LogP contribution in [-0.2, 0) is 11.6 Å². The quantitative estimate of drug-likeness (QED) is 0.660. The Morgan fingerprint density at radius 1 is 1.28 bits per heavy atom. The Hall–Kier alpha value is -2.39. The van der Waals surface area contributed by atoms with Crippen LogP contribution in [0, 0.1) is 0 Å². The van der Waals surface area contributed by atoms with Crippen molar-refractivity contribution in [2.45, 2.75) is 43.3 Å². The molecule has 1 fully saturated rings. The van der Waals surface area contributed by atoms with Crippen LogP contribution in [0.15, 0.2) is 36.7 Å². The fourth-order valence-corrected chi connectivity index (χ4v) is 4.22. The van der Waals surface area contributed by atoms with Gasteiger partial charge in [-0.1, -0.05) is 28.9 Å². The standard InChI is InChI=1S/C19H20ClF3N6/c20-13-3-1-2-12(8-13)18(11-24)6-4-14(5-7-18)26-15-9-25-17-16(19(21,22)23)27-28-29(17)10-15/h1-3,8-10,14,26H,4-7,11,24H2. The molecule has 154 valence electrons. The number of nitrogens with one attached hydrogen (secondary N) is 1. The number of halogens is 4. The van der Waals surface area contributed by atoms with Crippen molar-refractivity contribution in [1.82, 2.24) is 19.8 Å². The van der Waals surface area contributed by atoms with Crippen molar-refractivity contribution in [3.8, 4) is 0 Å². The van der Waals surface area contributed by atoms with E-state index in [-0.39, 0.29) is 17.1 Å². The average molecular weight is 425 g/mol. The Morgan fingerprint density at radius 3 is 2.69 bits per heavy atom. The first kappa shape index (κ1) is 19.9. The molecule has 10 heteroatoms. The van der Waals surface area contributed by atoms with Crippen molar-refractivity contribution in [2.24, 2.45) is 5.73 Å². The minimum atomic E-state index is -4.58. The summed E-state index contributed by atoms with van der Waals surface area (Å²) >= 11 is 6.15. The van der Waals surface area contributed by atoms with E-state index in [0.29, 0.717) is 17.3 Å². The van der Waals surface area contributed by atoms with E-state index in [1.165, 1.54) is 12.4 Å². The van der Waals surface area contributed by atoms with Gasteiger partial charge in [-0.2, -0.15) is 17.7 Å². The zero-order valence-corrected chi connectivity index (χ0v) is 16.2. The molecule has 0 atom stereocenters. The number of aromatic nitrogens is 4. The number of hydrogen-bond acceptors (Lipinski definition) is 5. The van der Waals surface area contributed by atoms with Crippen molar-refractivity contribution in [1.29, 1.82) is 0 Å². The second-order valence-corrected chi connectivity index (χ2v) is 7.90. The molecule has 0 bridgehead atoms. The van der Waals surface area contributed by atoms with Crippen molar-refractivity contribution < 1.29 is 13.2 Å². The number of nitrogens with two attached hydrogens (primary N) is 1. The number of nitrogens with zero attached hydrogens (tertiary/aromatic N) is 4. The number of fused-ring (bicyclic) bond motifs is 1. The zero-order chi connectivity index (χ0) is 20.6. The molecule has 0 saturated heterocycles. The molecule has 1 aliphatic carbocycles. The normalized spacial score (nSPS) is 22.7. The van der Waals surface area contributed by atoms with Crippen LogP contribution in [-0.4, -0.2) is 32.4 Å². The molecular weight excluding hydrogens is 405 g/mol. The Bertz CT molecular complexity index is 1010. The summed E-state index contributed by atoms with van der Waals surface area (Å²) in [5.74, 6) is 0. The highest BCUT2D eigenvalue weighted by Crippen LogP contribution is 2.40. The van der Waals surface area contributed by atoms with Crippen molar-refractivity contribution >= 4 is 22.9 Å². The van der Waals surface area contributed by atoms with E-state index >= 15 is 0 Å². The lowest BCUT2D eigenvalue weighted by atomic mass is 9.68. The Morgan fingerprint density at radius 2 is 2.03 bits per heavy atom. The number of alkyl halides is 3. The summed E-state index contributed by atoms with van der Waals surface area (Å²) in [7, 11) is 0. The predicted molar refractivity (Wildman–Crippen MR) is 104 cm³/mol. The Labute approximate surface area is 170 Å². The lowest BCUT2D eigenvalue weighted by molar-refractivity contribution is -0.140. The SMILES string of the molecule is NCC1(c2cccc(Cl)c2)CCC(Nc2cnc3c(C(F)(F)F)nnn3c2)CC1. The third kappa shape index (κ3) is 3.89. The highest BCUT2D eigenvalue weighted by molar-refractivity contribution is 6.30. The second kappa shape index (κ2) is 7.46. The maximum atomic E-state index is 12.9. The number of anilines is 1. The molecule has 1 saturated carbocycles. The van der Waals surface area contributed by atoms with Crippen LogP contribution in [0.4, 0.5) is 18.9 Å². The van der Waals surface area contributed by atoms with Crippen molar-refractivity contribution in [3.63, 3.8) is 0 Å². The highest BCUT2D eigenvalue weighted by Gasteiger charge is 2.38.